The molecule has 0 aliphatic heterocycles. The third kappa shape index (κ3) is 3.67. The number of nitrogens with one attached hydrogen (secondary N) is 2. The van der Waals surface area contributed by atoms with Gasteiger partial charge in [-0.15, -0.1) is 0 Å². The third-order valence-corrected chi connectivity index (χ3v) is 3.35. The highest BCUT2D eigenvalue weighted by Crippen LogP contribution is 2.29. The van der Waals surface area contributed by atoms with Crippen molar-refractivity contribution in [2.45, 2.75) is 13.8 Å². The topological polar surface area (TPSA) is 67.2 Å². The summed E-state index contributed by atoms with van der Waals surface area (Å²) >= 11 is 6.18. The maximum absolute atomic E-state index is 12.1. The zero-order valence-electron chi connectivity index (χ0n) is 12.0. The van der Waals surface area contributed by atoms with Crippen molar-refractivity contribution >= 4 is 34.6 Å². The zero-order valence-corrected chi connectivity index (χ0v) is 12.8. The number of aryl methyl sites for hydroxylation is 1. The number of carbonyl (C=O) groups is 1. The summed E-state index contributed by atoms with van der Waals surface area (Å²) < 4.78 is 0. The molecule has 0 unspecified atom stereocenters. The van der Waals surface area contributed by atoms with Crippen molar-refractivity contribution in [2.75, 3.05) is 17.6 Å². The molecule has 21 heavy (non-hydrogen) atoms. The Morgan fingerprint density at radius 1 is 1.19 bits per heavy atom. The number of nitrogen functional groups attached to an aromatic ring is 1. The molecule has 4 N–H and O–H groups in total. The van der Waals surface area contributed by atoms with Crippen LogP contribution < -0.4 is 16.4 Å². The lowest BCUT2D eigenvalue weighted by molar-refractivity contribution is 0.0956. The molecular formula is C16H18ClN3O. The summed E-state index contributed by atoms with van der Waals surface area (Å²) in [6, 6.07) is 10.8. The van der Waals surface area contributed by atoms with Crippen LogP contribution in [0.4, 0.5) is 17.1 Å². The van der Waals surface area contributed by atoms with Crippen LogP contribution in [0.3, 0.4) is 0 Å². The molecule has 0 heterocycles. The summed E-state index contributed by atoms with van der Waals surface area (Å²) in [5.41, 5.74) is 9.38. The first-order valence-electron chi connectivity index (χ1n) is 6.72. The summed E-state index contributed by atoms with van der Waals surface area (Å²) in [4.78, 5) is 12.1. The Bertz CT molecular complexity index is 671. The fourth-order valence-electron chi connectivity index (χ4n) is 2.00. The predicted molar refractivity (Wildman–Crippen MR) is 88.3 cm³/mol. The van der Waals surface area contributed by atoms with Crippen molar-refractivity contribution in [1.29, 1.82) is 0 Å². The normalized spacial score (nSPS) is 10.2. The maximum atomic E-state index is 12.1. The van der Waals surface area contributed by atoms with Crippen molar-refractivity contribution in [1.82, 2.24) is 5.32 Å². The van der Waals surface area contributed by atoms with Gasteiger partial charge in [-0.3, -0.25) is 4.79 Å². The van der Waals surface area contributed by atoms with Crippen molar-refractivity contribution in [3.8, 4) is 0 Å². The van der Waals surface area contributed by atoms with E-state index in [4.69, 9.17) is 17.3 Å². The summed E-state index contributed by atoms with van der Waals surface area (Å²) in [7, 11) is 0. The van der Waals surface area contributed by atoms with Crippen molar-refractivity contribution in [3.63, 3.8) is 0 Å². The first-order chi connectivity index (χ1) is 10.0. The Morgan fingerprint density at radius 3 is 2.67 bits per heavy atom. The maximum Gasteiger partial charge on any atom is 0.253 e. The molecule has 4 nitrogen and oxygen atoms in total. The number of anilines is 3. The van der Waals surface area contributed by atoms with Gasteiger partial charge in [0, 0.05) is 12.2 Å². The lowest BCUT2D eigenvalue weighted by Gasteiger charge is -2.14. The second kappa shape index (κ2) is 6.50. The Kier molecular flexibility index (Phi) is 4.70. The molecule has 5 heteroatoms. The summed E-state index contributed by atoms with van der Waals surface area (Å²) in [6.45, 7) is 4.42. The van der Waals surface area contributed by atoms with Crippen LogP contribution in [0.25, 0.3) is 0 Å². The molecule has 0 spiro atoms. The molecule has 0 atom stereocenters. The van der Waals surface area contributed by atoms with Crippen LogP contribution in [0.1, 0.15) is 22.8 Å². The van der Waals surface area contributed by atoms with Crippen molar-refractivity contribution in [3.05, 3.63) is 52.5 Å². The predicted octanol–water partition coefficient (Wildman–Crippen LogP) is 3.72. The van der Waals surface area contributed by atoms with E-state index in [-0.39, 0.29) is 5.91 Å². The molecule has 2 rings (SSSR count). The van der Waals surface area contributed by atoms with E-state index < -0.39 is 0 Å². The highest BCUT2D eigenvalue weighted by Gasteiger charge is 2.12. The molecule has 110 valence electrons. The van der Waals surface area contributed by atoms with Gasteiger partial charge in [-0.25, -0.2) is 0 Å². The summed E-state index contributed by atoms with van der Waals surface area (Å²) in [6.07, 6.45) is 0. The zero-order chi connectivity index (χ0) is 15.4. The van der Waals surface area contributed by atoms with Gasteiger partial charge in [0.15, 0.2) is 0 Å². The molecule has 0 bridgehead atoms. The first-order valence-corrected chi connectivity index (χ1v) is 7.10. The summed E-state index contributed by atoms with van der Waals surface area (Å²) in [5.74, 6) is -0.149. The monoisotopic (exact) mass is 303 g/mol. The number of nitrogens with two attached hydrogens (primary N) is 1. The highest BCUT2D eigenvalue weighted by atomic mass is 35.5. The number of carbonyl (C=O) groups excluding carboxylic acids is 1. The number of amides is 1. The average Bonchev–Trinajstić information content (AvgIpc) is 2.43. The van der Waals surface area contributed by atoms with E-state index in [1.165, 1.54) is 0 Å². The van der Waals surface area contributed by atoms with E-state index in [0.717, 1.165) is 11.3 Å². The van der Waals surface area contributed by atoms with Crippen LogP contribution in [-0.4, -0.2) is 12.5 Å². The Morgan fingerprint density at radius 2 is 1.95 bits per heavy atom. The minimum atomic E-state index is -0.149. The highest BCUT2D eigenvalue weighted by molar-refractivity contribution is 6.33. The van der Waals surface area contributed by atoms with Crippen LogP contribution in [0.15, 0.2) is 36.4 Å². The molecule has 0 aliphatic carbocycles. The van der Waals surface area contributed by atoms with Gasteiger partial charge in [-0.1, -0.05) is 17.7 Å². The van der Waals surface area contributed by atoms with Gasteiger partial charge in [0.2, 0.25) is 0 Å². The minimum absolute atomic E-state index is 0.149. The third-order valence-electron chi connectivity index (χ3n) is 3.02. The Balaban J connectivity index is 2.40. The molecule has 1 amide bonds. The van der Waals surface area contributed by atoms with Gasteiger partial charge in [-0.2, -0.15) is 0 Å². The SMILES string of the molecule is CCNC(=O)c1ccc(N)cc1Nc1cc(C)ccc1Cl. The average molecular weight is 304 g/mol. The molecule has 0 saturated carbocycles. The van der Waals surface area contributed by atoms with Gasteiger partial charge in [0.1, 0.15) is 0 Å². The number of hydrogen-bond acceptors (Lipinski definition) is 3. The molecule has 2 aromatic rings. The lowest BCUT2D eigenvalue weighted by Crippen LogP contribution is -2.23. The molecule has 0 saturated heterocycles. The van der Waals surface area contributed by atoms with Crippen LogP contribution in [0.2, 0.25) is 5.02 Å². The molecule has 0 aliphatic rings. The lowest BCUT2D eigenvalue weighted by atomic mass is 10.1. The fourth-order valence-corrected chi connectivity index (χ4v) is 2.16. The van der Waals surface area contributed by atoms with Crippen molar-refractivity contribution < 1.29 is 4.79 Å². The fraction of sp³-hybridized carbons (Fsp3) is 0.188. The van der Waals surface area contributed by atoms with E-state index in [0.29, 0.717) is 28.5 Å². The van der Waals surface area contributed by atoms with Crippen LogP contribution in [-0.2, 0) is 0 Å². The number of hydrogen-bond donors (Lipinski definition) is 3. The standard InChI is InChI=1S/C16H18ClN3O/c1-3-19-16(21)12-6-5-11(18)9-14(12)20-15-8-10(2)4-7-13(15)17/h4-9,20H,3,18H2,1-2H3,(H,19,21). The molecular weight excluding hydrogens is 286 g/mol. The number of rotatable bonds is 4. The van der Waals surface area contributed by atoms with E-state index in [1.54, 1.807) is 18.2 Å². The molecule has 0 fully saturated rings. The minimum Gasteiger partial charge on any atom is -0.399 e. The van der Waals surface area contributed by atoms with Crippen molar-refractivity contribution in [2.24, 2.45) is 0 Å². The van der Waals surface area contributed by atoms with Gasteiger partial charge in [0.25, 0.3) is 5.91 Å². The summed E-state index contributed by atoms with van der Waals surface area (Å²) in [5, 5.41) is 6.56. The number of halogens is 1. The smallest absolute Gasteiger partial charge is 0.253 e. The van der Waals surface area contributed by atoms with Gasteiger partial charge < -0.3 is 16.4 Å². The van der Waals surface area contributed by atoms with E-state index in [2.05, 4.69) is 10.6 Å². The van der Waals surface area contributed by atoms with Gasteiger partial charge >= 0.3 is 0 Å². The number of benzene rings is 2. The quantitative estimate of drug-likeness (QED) is 0.754. The molecule has 0 radical (unpaired) electrons. The second-order valence-electron chi connectivity index (χ2n) is 4.77. The molecule has 2 aromatic carbocycles. The van der Waals surface area contributed by atoms with Gasteiger partial charge in [0.05, 0.1) is 22.0 Å². The van der Waals surface area contributed by atoms with E-state index >= 15 is 0 Å². The second-order valence-corrected chi connectivity index (χ2v) is 5.18. The largest absolute Gasteiger partial charge is 0.399 e. The van der Waals surface area contributed by atoms with E-state index in [9.17, 15) is 4.79 Å². The Hall–Kier alpha value is -2.20. The van der Waals surface area contributed by atoms with E-state index in [1.807, 2.05) is 32.0 Å². The Labute approximate surface area is 129 Å². The molecule has 0 aromatic heterocycles. The van der Waals surface area contributed by atoms with Crippen LogP contribution in [0.5, 0.6) is 0 Å². The van der Waals surface area contributed by atoms with Crippen LogP contribution in [0, 0.1) is 6.92 Å². The van der Waals surface area contributed by atoms with Crippen LogP contribution >= 0.6 is 11.6 Å². The first kappa shape index (κ1) is 15.2. The van der Waals surface area contributed by atoms with Gasteiger partial charge in [-0.05, 0) is 49.7 Å².